The molecule has 1 aliphatic heterocycles. The summed E-state index contributed by atoms with van der Waals surface area (Å²) in [5.74, 6) is -0.304. The molecule has 0 bridgehead atoms. The van der Waals surface area contributed by atoms with Crippen LogP contribution in [0.15, 0.2) is 54.6 Å². The molecule has 0 radical (unpaired) electrons. The van der Waals surface area contributed by atoms with Crippen LogP contribution in [0.4, 0.5) is 0 Å². The molecule has 2 atom stereocenters. The molecule has 0 amide bonds. The normalized spacial score (nSPS) is 21.3. The molecule has 1 aliphatic rings. The first-order valence-corrected chi connectivity index (χ1v) is 7.84. The van der Waals surface area contributed by atoms with Gasteiger partial charge in [-0.3, -0.25) is 9.69 Å². The number of benzene rings is 2. The second-order valence-electron chi connectivity index (χ2n) is 5.91. The molecule has 3 rings (SSSR count). The average molecular weight is 311 g/mol. The predicted octanol–water partition coefficient (Wildman–Crippen LogP) is 3.34. The Hall–Kier alpha value is -2.33. The molecule has 2 aromatic rings. The van der Waals surface area contributed by atoms with Gasteiger partial charge < -0.3 is 9.84 Å². The Balaban J connectivity index is 1.87. The maximum absolute atomic E-state index is 11.7. The number of rotatable bonds is 5. The molecule has 1 heterocycles. The van der Waals surface area contributed by atoms with Crippen molar-refractivity contribution in [2.45, 2.75) is 19.0 Å². The quantitative estimate of drug-likeness (QED) is 0.920. The summed E-state index contributed by atoms with van der Waals surface area (Å²) in [7, 11) is 1.63. The minimum absolute atomic E-state index is 0.0985. The Morgan fingerprint density at radius 2 is 1.87 bits per heavy atom. The highest BCUT2D eigenvalue weighted by Crippen LogP contribution is 2.38. The van der Waals surface area contributed by atoms with Crippen LogP contribution in [0.5, 0.6) is 5.75 Å². The molecular formula is C19H21NO3. The zero-order valence-electron chi connectivity index (χ0n) is 13.2. The molecular weight excluding hydrogens is 290 g/mol. The average Bonchev–Trinajstić information content (AvgIpc) is 3.00. The van der Waals surface area contributed by atoms with Gasteiger partial charge >= 0.3 is 5.97 Å². The Morgan fingerprint density at radius 1 is 1.17 bits per heavy atom. The fraction of sp³-hybridized carbons (Fsp3) is 0.316. The van der Waals surface area contributed by atoms with E-state index in [2.05, 4.69) is 17.0 Å². The molecule has 0 saturated carbocycles. The Kier molecular flexibility index (Phi) is 4.63. The van der Waals surface area contributed by atoms with E-state index in [0.717, 1.165) is 24.4 Å². The zero-order valence-corrected chi connectivity index (χ0v) is 13.2. The molecule has 2 unspecified atom stereocenters. The second-order valence-corrected chi connectivity index (χ2v) is 5.91. The van der Waals surface area contributed by atoms with Crippen LogP contribution < -0.4 is 4.74 Å². The number of carbonyl (C=O) groups is 1. The van der Waals surface area contributed by atoms with E-state index in [1.54, 1.807) is 7.11 Å². The van der Waals surface area contributed by atoms with Gasteiger partial charge in [0.15, 0.2) is 0 Å². The maximum Gasteiger partial charge on any atom is 0.308 e. The van der Waals surface area contributed by atoms with Gasteiger partial charge in [0.05, 0.1) is 13.0 Å². The van der Waals surface area contributed by atoms with Crippen molar-refractivity contribution < 1.29 is 14.6 Å². The van der Waals surface area contributed by atoms with Gasteiger partial charge in [-0.1, -0.05) is 42.5 Å². The van der Waals surface area contributed by atoms with Crippen molar-refractivity contribution in [3.05, 3.63) is 65.7 Å². The highest BCUT2D eigenvalue weighted by molar-refractivity contribution is 5.71. The third-order valence-electron chi connectivity index (χ3n) is 4.50. The smallest absolute Gasteiger partial charge is 0.308 e. The van der Waals surface area contributed by atoms with Crippen LogP contribution >= 0.6 is 0 Å². The fourth-order valence-corrected chi connectivity index (χ4v) is 3.35. The second kappa shape index (κ2) is 6.84. The van der Waals surface area contributed by atoms with Crippen LogP contribution in [-0.2, 0) is 11.3 Å². The van der Waals surface area contributed by atoms with E-state index in [4.69, 9.17) is 4.74 Å². The van der Waals surface area contributed by atoms with Crippen molar-refractivity contribution in [2.24, 2.45) is 5.92 Å². The minimum Gasteiger partial charge on any atom is -0.497 e. The number of likely N-dealkylation sites (tertiary alicyclic amines) is 1. The van der Waals surface area contributed by atoms with Crippen LogP contribution in [0.1, 0.15) is 23.6 Å². The van der Waals surface area contributed by atoms with Crippen LogP contribution in [-0.4, -0.2) is 29.6 Å². The van der Waals surface area contributed by atoms with Gasteiger partial charge in [-0.15, -0.1) is 0 Å². The highest BCUT2D eigenvalue weighted by Gasteiger charge is 2.39. The third kappa shape index (κ3) is 3.37. The minimum atomic E-state index is -0.721. The monoisotopic (exact) mass is 311 g/mol. The number of ether oxygens (including phenoxy) is 1. The largest absolute Gasteiger partial charge is 0.497 e. The zero-order chi connectivity index (χ0) is 16.2. The first-order valence-electron chi connectivity index (χ1n) is 7.84. The molecule has 4 nitrogen and oxygen atoms in total. The summed E-state index contributed by atoms with van der Waals surface area (Å²) < 4.78 is 5.20. The van der Waals surface area contributed by atoms with E-state index >= 15 is 0 Å². The summed E-state index contributed by atoms with van der Waals surface area (Å²) >= 11 is 0. The fourth-order valence-electron chi connectivity index (χ4n) is 3.35. The lowest BCUT2D eigenvalue weighted by molar-refractivity contribution is -0.142. The van der Waals surface area contributed by atoms with Crippen LogP contribution in [0.2, 0.25) is 0 Å². The molecule has 1 N–H and O–H groups in total. The summed E-state index contributed by atoms with van der Waals surface area (Å²) in [6, 6.07) is 17.8. The SMILES string of the molecule is COc1ccc(C2C(C(=O)O)CCN2Cc2ccccc2)cc1. The Labute approximate surface area is 136 Å². The summed E-state index contributed by atoms with van der Waals surface area (Å²) in [6.45, 7) is 1.56. The molecule has 1 fully saturated rings. The van der Waals surface area contributed by atoms with Crippen molar-refractivity contribution in [3.8, 4) is 5.75 Å². The van der Waals surface area contributed by atoms with Gasteiger partial charge in [0.25, 0.3) is 0 Å². The summed E-state index contributed by atoms with van der Waals surface area (Å²) in [5.41, 5.74) is 2.24. The van der Waals surface area contributed by atoms with Crippen molar-refractivity contribution in [1.82, 2.24) is 4.90 Å². The third-order valence-corrected chi connectivity index (χ3v) is 4.50. The van der Waals surface area contributed by atoms with Crippen LogP contribution in [0.3, 0.4) is 0 Å². The number of nitrogens with zero attached hydrogens (tertiary/aromatic N) is 1. The number of hydrogen-bond acceptors (Lipinski definition) is 3. The molecule has 1 saturated heterocycles. The number of carboxylic acids is 1. The summed E-state index contributed by atoms with van der Waals surface area (Å²) in [4.78, 5) is 13.9. The van der Waals surface area contributed by atoms with Gasteiger partial charge in [-0.2, -0.15) is 0 Å². The Morgan fingerprint density at radius 3 is 2.48 bits per heavy atom. The Bertz CT molecular complexity index is 654. The first-order chi connectivity index (χ1) is 11.2. The topological polar surface area (TPSA) is 49.8 Å². The van der Waals surface area contributed by atoms with Crippen molar-refractivity contribution in [1.29, 1.82) is 0 Å². The van der Waals surface area contributed by atoms with Crippen LogP contribution in [0, 0.1) is 5.92 Å². The predicted molar refractivity (Wildman–Crippen MR) is 88.3 cm³/mol. The van der Waals surface area contributed by atoms with Gasteiger partial charge in [0.2, 0.25) is 0 Å². The molecule has 0 aromatic heterocycles. The van der Waals surface area contributed by atoms with Crippen LogP contribution in [0.25, 0.3) is 0 Å². The molecule has 23 heavy (non-hydrogen) atoms. The van der Waals surface area contributed by atoms with Crippen molar-refractivity contribution in [3.63, 3.8) is 0 Å². The molecule has 120 valence electrons. The molecule has 2 aromatic carbocycles. The molecule has 0 aliphatic carbocycles. The first kappa shape index (κ1) is 15.6. The number of methoxy groups -OCH3 is 1. The lowest BCUT2D eigenvalue weighted by atomic mass is 9.93. The number of aliphatic carboxylic acids is 1. The van der Waals surface area contributed by atoms with E-state index in [1.165, 1.54) is 5.56 Å². The van der Waals surface area contributed by atoms with E-state index in [0.29, 0.717) is 6.42 Å². The van der Waals surface area contributed by atoms with E-state index < -0.39 is 5.97 Å². The standard InChI is InChI=1S/C19H21NO3/c1-23-16-9-7-15(8-10-16)18-17(19(21)22)11-12-20(18)13-14-5-3-2-4-6-14/h2-10,17-18H,11-13H2,1H3,(H,21,22). The molecule has 4 heteroatoms. The lowest BCUT2D eigenvalue weighted by Gasteiger charge is -2.27. The molecule has 0 spiro atoms. The highest BCUT2D eigenvalue weighted by atomic mass is 16.5. The summed E-state index contributed by atoms with van der Waals surface area (Å²) in [6.07, 6.45) is 0.679. The van der Waals surface area contributed by atoms with Crippen molar-refractivity contribution in [2.75, 3.05) is 13.7 Å². The van der Waals surface area contributed by atoms with Gasteiger partial charge in [-0.05, 0) is 29.7 Å². The van der Waals surface area contributed by atoms with Crippen molar-refractivity contribution >= 4 is 5.97 Å². The number of carboxylic acid groups (broad SMARTS) is 1. The lowest BCUT2D eigenvalue weighted by Crippen LogP contribution is -2.28. The van der Waals surface area contributed by atoms with Gasteiger partial charge in [0, 0.05) is 19.1 Å². The van der Waals surface area contributed by atoms with E-state index in [1.807, 2.05) is 42.5 Å². The van der Waals surface area contributed by atoms with Gasteiger partial charge in [0.1, 0.15) is 5.75 Å². The van der Waals surface area contributed by atoms with Gasteiger partial charge in [-0.25, -0.2) is 0 Å². The maximum atomic E-state index is 11.7. The summed E-state index contributed by atoms with van der Waals surface area (Å²) in [5, 5.41) is 9.58. The van der Waals surface area contributed by atoms with E-state index in [9.17, 15) is 9.90 Å². The number of hydrogen-bond donors (Lipinski definition) is 1. The van der Waals surface area contributed by atoms with E-state index in [-0.39, 0.29) is 12.0 Å².